The van der Waals surface area contributed by atoms with Crippen LogP contribution in [0.15, 0.2) is 23.1 Å². The highest BCUT2D eigenvalue weighted by Gasteiger charge is 2.36. The summed E-state index contributed by atoms with van der Waals surface area (Å²) in [5.41, 5.74) is 1.67. The van der Waals surface area contributed by atoms with Crippen LogP contribution in [0.5, 0.6) is 0 Å². The van der Waals surface area contributed by atoms with E-state index in [1.807, 2.05) is 0 Å². The van der Waals surface area contributed by atoms with Gasteiger partial charge in [0.1, 0.15) is 0 Å². The number of nitrogens with zero attached hydrogens (tertiary/aromatic N) is 1. The van der Waals surface area contributed by atoms with Gasteiger partial charge in [0.05, 0.1) is 4.90 Å². The Morgan fingerprint density at radius 3 is 2.67 bits per heavy atom. The first-order chi connectivity index (χ1) is 11.5. The van der Waals surface area contributed by atoms with Crippen molar-refractivity contribution in [1.82, 2.24) is 4.31 Å². The SMILES string of the molecule is O=C1CCc2cc(S(=O)(=O)N3CC[C@H]4CCCC[C@@H]4C3)ccc2N1. The van der Waals surface area contributed by atoms with Crippen molar-refractivity contribution in [3.63, 3.8) is 0 Å². The van der Waals surface area contributed by atoms with Crippen LogP contribution in [0.2, 0.25) is 0 Å². The van der Waals surface area contributed by atoms with Crippen molar-refractivity contribution in [3.8, 4) is 0 Å². The van der Waals surface area contributed by atoms with Gasteiger partial charge in [0.2, 0.25) is 15.9 Å². The molecular weight excluding hydrogens is 324 g/mol. The molecule has 4 rings (SSSR count). The van der Waals surface area contributed by atoms with Gasteiger partial charge in [-0.15, -0.1) is 0 Å². The van der Waals surface area contributed by atoms with E-state index in [9.17, 15) is 13.2 Å². The lowest BCUT2D eigenvalue weighted by molar-refractivity contribution is -0.116. The second-order valence-electron chi connectivity index (χ2n) is 7.32. The molecule has 5 nitrogen and oxygen atoms in total. The lowest BCUT2D eigenvalue weighted by atomic mass is 9.76. The number of aryl methyl sites for hydroxylation is 1. The molecule has 1 N–H and O–H groups in total. The first-order valence-corrected chi connectivity index (χ1v) is 10.4. The van der Waals surface area contributed by atoms with Crippen molar-refractivity contribution in [3.05, 3.63) is 23.8 Å². The average molecular weight is 348 g/mol. The van der Waals surface area contributed by atoms with Crippen molar-refractivity contribution in [1.29, 1.82) is 0 Å². The first kappa shape index (κ1) is 16.1. The Morgan fingerprint density at radius 2 is 1.83 bits per heavy atom. The lowest BCUT2D eigenvalue weighted by Gasteiger charge is -2.40. The van der Waals surface area contributed by atoms with E-state index in [1.165, 1.54) is 19.3 Å². The molecule has 130 valence electrons. The van der Waals surface area contributed by atoms with Crippen LogP contribution in [-0.2, 0) is 21.2 Å². The van der Waals surface area contributed by atoms with Crippen molar-refractivity contribution in [2.24, 2.45) is 11.8 Å². The number of nitrogens with one attached hydrogen (secondary N) is 1. The van der Waals surface area contributed by atoms with E-state index in [4.69, 9.17) is 0 Å². The van der Waals surface area contributed by atoms with Gasteiger partial charge in [-0.2, -0.15) is 4.31 Å². The number of sulfonamides is 1. The number of rotatable bonds is 2. The van der Waals surface area contributed by atoms with Crippen LogP contribution < -0.4 is 5.32 Å². The highest BCUT2D eigenvalue weighted by molar-refractivity contribution is 7.89. The van der Waals surface area contributed by atoms with Crippen LogP contribution in [0.1, 0.15) is 44.1 Å². The van der Waals surface area contributed by atoms with Gasteiger partial charge in [0.15, 0.2) is 0 Å². The fraction of sp³-hybridized carbons (Fsp3) is 0.611. The molecular formula is C18H24N2O3S. The molecule has 1 aromatic carbocycles. The molecule has 0 unspecified atom stereocenters. The van der Waals surface area contributed by atoms with Gasteiger partial charge in [-0.25, -0.2) is 8.42 Å². The molecule has 6 heteroatoms. The van der Waals surface area contributed by atoms with E-state index >= 15 is 0 Å². The molecule has 1 saturated carbocycles. The van der Waals surface area contributed by atoms with Crippen LogP contribution in [-0.4, -0.2) is 31.7 Å². The number of amides is 1. The monoisotopic (exact) mass is 348 g/mol. The number of benzene rings is 1. The fourth-order valence-corrected chi connectivity index (χ4v) is 6.02. The number of fused-ring (bicyclic) bond motifs is 2. The summed E-state index contributed by atoms with van der Waals surface area (Å²) in [5.74, 6) is 1.24. The van der Waals surface area contributed by atoms with E-state index in [0.717, 1.165) is 24.1 Å². The van der Waals surface area contributed by atoms with Crippen molar-refractivity contribution >= 4 is 21.6 Å². The zero-order chi connectivity index (χ0) is 16.7. The minimum Gasteiger partial charge on any atom is -0.326 e. The average Bonchev–Trinajstić information content (AvgIpc) is 2.60. The van der Waals surface area contributed by atoms with Crippen LogP contribution in [0, 0.1) is 11.8 Å². The van der Waals surface area contributed by atoms with Crippen molar-refractivity contribution in [2.75, 3.05) is 18.4 Å². The van der Waals surface area contributed by atoms with Gasteiger partial charge in [0.25, 0.3) is 0 Å². The van der Waals surface area contributed by atoms with Gasteiger partial charge < -0.3 is 5.32 Å². The third-order valence-corrected chi connectivity index (χ3v) is 7.73. The third-order valence-electron chi connectivity index (χ3n) is 5.86. The predicted molar refractivity (Wildman–Crippen MR) is 92.2 cm³/mol. The van der Waals surface area contributed by atoms with E-state index in [1.54, 1.807) is 22.5 Å². The van der Waals surface area contributed by atoms with Crippen molar-refractivity contribution < 1.29 is 13.2 Å². The maximum absolute atomic E-state index is 13.1. The molecule has 2 heterocycles. The summed E-state index contributed by atoms with van der Waals surface area (Å²) in [6.07, 6.45) is 6.96. The Hall–Kier alpha value is -1.40. The summed E-state index contributed by atoms with van der Waals surface area (Å²) in [6.45, 7) is 1.30. The molecule has 2 atom stereocenters. The lowest BCUT2D eigenvalue weighted by Crippen LogP contribution is -2.44. The molecule has 3 aliphatic rings. The quantitative estimate of drug-likeness (QED) is 0.894. The second kappa shape index (κ2) is 6.15. The van der Waals surface area contributed by atoms with Gasteiger partial charge in [-0.3, -0.25) is 4.79 Å². The highest BCUT2D eigenvalue weighted by atomic mass is 32.2. The predicted octanol–water partition coefficient (Wildman–Crippen LogP) is 2.77. The zero-order valence-corrected chi connectivity index (χ0v) is 14.6. The number of hydrogen-bond acceptors (Lipinski definition) is 3. The normalized spacial score (nSPS) is 27.9. The third kappa shape index (κ3) is 2.86. The number of carbonyl (C=O) groups is 1. The zero-order valence-electron chi connectivity index (χ0n) is 13.8. The molecule has 0 radical (unpaired) electrons. The van der Waals surface area contributed by atoms with Gasteiger partial charge in [0, 0.05) is 25.2 Å². The number of piperidine rings is 1. The summed E-state index contributed by atoms with van der Waals surface area (Å²) in [6, 6.07) is 5.11. The largest absolute Gasteiger partial charge is 0.326 e. The molecule has 1 aromatic rings. The van der Waals surface area contributed by atoms with Gasteiger partial charge in [-0.05, 0) is 54.9 Å². The number of anilines is 1. The van der Waals surface area contributed by atoms with E-state index in [2.05, 4.69) is 5.32 Å². The topological polar surface area (TPSA) is 66.5 Å². The fourth-order valence-electron chi connectivity index (χ4n) is 4.46. The Kier molecular flexibility index (Phi) is 4.12. The molecule has 1 saturated heterocycles. The highest BCUT2D eigenvalue weighted by Crippen LogP contribution is 2.38. The maximum atomic E-state index is 13.1. The minimum atomic E-state index is -3.44. The van der Waals surface area contributed by atoms with E-state index in [-0.39, 0.29) is 5.91 Å². The second-order valence-corrected chi connectivity index (χ2v) is 9.26. The Morgan fingerprint density at radius 1 is 1.04 bits per heavy atom. The summed E-state index contributed by atoms with van der Waals surface area (Å²) in [7, 11) is -3.44. The van der Waals surface area contributed by atoms with Crippen LogP contribution in [0.3, 0.4) is 0 Å². The molecule has 1 amide bonds. The summed E-state index contributed by atoms with van der Waals surface area (Å²) < 4.78 is 27.8. The molecule has 1 aliphatic carbocycles. The summed E-state index contributed by atoms with van der Waals surface area (Å²) in [5, 5.41) is 2.81. The smallest absolute Gasteiger partial charge is 0.243 e. The van der Waals surface area contributed by atoms with E-state index < -0.39 is 10.0 Å². The van der Waals surface area contributed by atoms with Gasteiger partial charge in [-0.1, -0.05) is 19.3 Å². The Bertz CT molecular complexity index is 760. The number of carbonyl (C=O) groups excluding carboxylic acids is 1. The van der Waals surface area contributed by atoms with Gasteiger partial charge >= 0.3 is 0 Å². The molecule has 0 spiro atoms. The molecule has 24 heavy (non-hydrogen) atoms. The van der Waals surface area contributed by atoms with Crippen LogP contribution in [0.25, 0.3) is 0 Å². The molecule has 2 aliphatic heterocycles. The minimum absolute atomic E-state index is 0.00234. The molecule has 0 bridgehead atoms. The first-order valence-electron chi connectivity index (χ1n) is 8.97. The molecule has 0 aromatic heterocycles. The van der Waals surface area contributed by atoms with E-state index in [0.29, 0.717) is 42.7 Å². The number of hydrogen-bond donors (Lipinski definition) is 1. The summed E-state index contributed by atoms with van der Waals surface area (Å²) >= 11 is 0. The standard InChI is InChI=1S/C18H24N2O3S/c21-18-8-5-14-11-16(6-7-17(14)19-18)24(22,23)20-10-9-13-3-1-2-4-15(13)12-20/h6-7,11,13,15H,1-5,8-10,12H2,(H,19,21)/t13-,15-/m1/s1. The van der Waals surface area contributed by atoms with Crippen LogP contribution >= 0.6 is 0 Å². The molecule has 2 fully saturated rings. The Balaban J connectivity index is 1.57. The Labute approximate surface area is 143 Å². The van der Waals surface area contributed by atoms with Crippen molar-refractivity contribution in [2.45, 2.75) is 49.8 Å². The van der Waals surface area contributed by atoms with Crippen LogP contribution in [0.4, 0.5) is 5.69 Å². The summed E-state index contributed by atoms with van der Waals surface area (Å²) in [4.78, 5) is 11.8. The maximum Gasteiger partial charge on any atom is 0.243 e.